The Balaban J connectivity index is 1.74. The molecule has 28 heavy (non-hydrogen) atoms. The molecular formula is C21H24N4O2S. The SMILES string of the molecule is CCCCCOc1ccc(C=Nn2c(-c3cccc(OC)c3)n[nH]c2=S)cc1. The standard InChI is InChI=1S/C21H24N4O2S/c1-3-4-5-13-27-18-11-9-16(10-12-18)15-22-25-20(23-24-21(25)28)17-7-6-8-19(14-17)26-2/h6-12,14-15H,3-5,13H2,1-2H3,(H,24,28). The number of aromatic amines is 1. The van der Waals surface area contributed by atoms with E-state index in [2.05, 4.69) is 22.2 Å². The van der Waals surface area contributed by atoms with Gasteiger partial charge in [0.15, 0.2) is 5.82 Å². The Hall–Kier alpha value is -2.93. The first-order valence-electron chi connectivity index (χ1n) is 9.30. The molecule has 0 unspecified atom stereocenters. The van der Waals surface area contributed by atoms with Crippen LogP contribution in [0.3, 0.4) is 0 Å². The highest BCUT2D eigenvalue weighted by Crippen LogP contribution is 2.22. The monoisotopic (exact) mass is 396 g/mol. The molecule has 7 heteroatoms. The number of unbranched alkanes of at least 4 members (excludes halogenated alkanes) is 2. The predicted octanol–water partition coefficient (Wildman–Crippen LogP) is 5.07. The molecule has 0 aliphatic rings. The van der Waals surface area contributed by atoms with Crippen LogP contribution in [-0.4, -0.2) is 34.8 Å². The predicted molar refractivity (Wildman–Crippen MR) is 114 cm³/mol. The number of benzene rings is 2. The fourth-order valence-corrected chi connectivity index (χ4v) is 2.84. The highest BCUT2D eigenvalue weighted by molar-refractivity contribution is 7.71. The summed E-state index contributed by atoms with van der Waals surface area (Å²) in [6.07, 6.45) is 5.19. The van der Waals surface area contributed by atoms with Crippen molar-refractivity contribution in [2.24, 2.45) is 5.10 Å². The molecule has 0 bridgehead atoms. The van der Waals surface area contributed by atoms with Crippen molar-refractivity contribution < 1.29 is 9.47 Å². The van der Waals surface area contributed by atoms with Gasteiger partial charge >= 0.3 is 0 Å². The molecule has 2 aromatic carbocycles. The summed E-state index contributed by atoms with van der Waals surface area (Å²) < 4.78 is 13.0. The molecule has 146 valence electrons. The van der Waals surface area contributed by atoms with Gasteiger partial charge in [-0.15, -0.1) is 0 Å². The molecule has 3 aromatic rings. The third-order valence-electron chi connectivity index (χ3n) is 4.20. The van der Waals surface area contributed by atoms with Crippen molar-refractivity contribution in [1.29, 1.82) is 0 Å². The summed E-state index contributed by atoms with van der Waals surface area (Å²) in [7, 11) is 1.63. The minimum atomic E-state index is 0.421. The van der Waals surface area contributed by atoms with Crippen LogP contribution in [0.4, 0.5) is 0 Å². The summed E-state index contributed by atoms with van der Waals surface area (Å²) in [6.45, 7) is 2.93. The van der Waals surface area contributed by atoms with Gasteiger partial charge in [-0.1, -0.05) is 31.9 Å². The summed E-state index contributed by atoms with van der Waals surface area (Å²) in [4.78, 5) is 0. The average Bonchev–Trinajstić information content (AvgIpc) is 3.11. The van der Waals surface area contributed by atoms with E-state index in [-0.39, 0.29) is 0 Å². The van der Waals surface area contributed by atoms with Crippen LogP contribution in [0.2, 0.25) is 0 Å². The third-order valence-corrected chi connectivity index (χ3v) is 4.46. The highest BCUT2D eigenvalue weighted by Gasteiger charge is 2.09. The summed E-state index contributed by atoms with van der Waals surface area (Å²) in [5.41, 5.74) is 1.81. The van der Waals surface area contributed by atoms with Crippen molar-refractivity contribution in [3.63, 3.8) is 0 Å². The van der Waals surface area contributed by atoms with Crippen molar-refractivity contribution in [2.45, 2.75) is 26.2 Å². The van der Waals surface area contributed by atoms with Gasteiger partial charge in [-0.3, -0.25) is 0 Å². The van der Waals surface area contributed by atoms with Crippen molar-refractivity contribution in [3.8, 4) is 22.9 Å². The van der Waals surface area contributed by atoms with Gasteiger partial charge in [-0.2, -0.15) is 14.9 Å². The smallest absolute Gasteiger partial charge is 0.216 e. The van der Waals surface area contributed by atoms with Crippen molar-refractivity contribution in [3.05, 3.63) is 58.9 Å². The van der Waals surface area contributed by atoms with Gasteiger partial charge in [-0.05, 0) is 60.6 Å². The molecule has 0 saturated heterocycles. The van der Waals surface area contributed by atoms with Gasteiger partial charge in [0.1, 0.15) is 11.5 Å². The van der Waals surface area contributed by atoms with E-state index in [1.807, 2.05) is 48.5 Å². The summed E-state index contributed by atoms with van der Waals surface area (Å²) in [5.74, 6) is 2.23. The first kappa shape index (κ1) is 19.8. The van der Waals surface area contributed by atoms with Crippen LogP contribution in [0.15, 0.2) is 53.6 Å². The molecule has 0 radical (unpaired) electrons. The quantitative estimate of drug-likeness (QED) is 0.312. The van der Waals surface area contributed by atoms with Crippen LogP contribution in [0, 0.1) is 4.77 Å². The molecule has 0 aliphatic heterocycles. The van der Waals surface area contributed by atoms with E-state index in [9.17, 15) is 0 Å². The molecule has 1 N–H and O–H groups in total. The lowest BCUT2D eigenvalue weighted by Gasteiger charge is -2.06. The second kappa shape index (κ2) is 9.85. The van der Waals surface area contributed by atoms with Gasteiger partial charge in [0.25, 0.3) is 0 Å². The van der Waals surface area contributed by atoms with Crippen molar-refractivity contribution >= 4 is 18.4 Å². The molecule has 0 spiro atoms. The summed E-state index contributed by atoms with van der Waals surface area (Å²) in [5, 5.41) is 11.6. The van der Waals surface area contributed by atoms with Crippen LogP contribution < -0.4 is 9.47 Å². The Labute approximate surface area is 169 Å². The Morgan fingerprint density at radius 2 is 1.96 bits per heavy atom. The van der Waals surface area contributed by atoms with E-state index in [4.69, 9.17) is 21.7 Å². The number of H-pyrrole nitrogens is 1. The van der Waals surface area contributed by atoms with Gasteiger partial charge in [-0.25, -0.2) is 5.10 Å². The van der Waals surface area contributed by atoms with E-state index < -0.39 is 0 Å². The zero-order chi connectivity index (χ0) is 19.8. The highest BCUT2D eigenvalue weighted by atomic mass is 32.1. The van der Waals surface area contributed by atoms with E-state index in [1.54, 1.807) is 18.0 Å². The molecule has 0 atom stereocenters. The first-order valence-corrected chi connectivity index (χ1v) is 9.71. The molecule has 0 fully saturated rings. The lowest BCUT2D eigenvalue weighted by molar-refractivity contribution is 0.306. The third kappa shape index (κ3) is 5.07. The normalized spacial score (nSPS) is 11.1. The van der Waals surface area contributed by atoms with E-state index in [0.29, 0.717) is 10.6 Å². The summed E-state index contributed by atoms with van der Waals surface area (Å²) >= 11 is 5.32. The molecule has 0 amide bonds. The lowest BCUT2D eigenvalue weighted by Crippen LogP contribution is -1.97. The van der Waals surface area contributed by atoms with E-state index >= 15 is 0 Å². The van der Waals surface area contributed by atoms with Crippen LogP contribution in [0.1, 0.15) is 31.7 Å². The van der Waals surface area contributed by atoms with Crippen LogP contribution in [0.5, 0.6) is 11.5 Å². The van der Waals surface area contributed by atoms with Crippen molar-refractivity contribution in [2.75, 3.05) is 13.7 Å². The fourth-order valence-electron chi connectivity index (χ4n) is 2.66. The van der Waals surface area contributed by atoms with Gasteiger partial charge in [0.05, 0.1) is 19.9 Å². The minimum Gasteiger partial charge on any atom is -0.497 e. The Morgan fingerprint density at radius 1 is 1.14 bits per heavy atom. The number of methoxy groups -OCH3 is 1. The lowest BCUT2D eigenvalue weighted by atomic mass is 10.2. The Morgan fingerprint density at radius 3 is 2.71 bits per heavy atom. The largest absolute Gasteiger partial charge is 0.497 e. The Bertz CT molecular complexity index is 977. The van der Waals surface area contributed by atoms with E-state index in [0.717, 1.165) is 35.7 Å². The minimum absolute atomic E-state index is 0.421. The van der Waals surface area contributed by atoms with Crippen LogP contribution in [-0.2, 0) is 0 Å². The number of rotatable bonds is 9. The number of hydrogen-bond acceptors (Lipinski definition) is 5. The maximum atomic E-state index is 5.74. The topological polar surface area (TPSA) is 64.4 Å². The molecular weight excluding hydrogens is 372 g/mol. The molecule has 3 rings (SSSR count). The maximum Gasteiger partial charge on any atom is 0.216 e. The molecule has 6 nitrogen and oxygen atoms in total. The maximum absolute atomic E-state index is 5.74. The number of nitrogens with one attached hydrogen (secondary N) is 1. The number of ether oxygens (including phenoxy) is 2. The Kier molecular flexibility index (Phi) is 6.97. The van der Waals surface area contributed by atoms with Crippen LogP contribution >= 0.6 is 12.2 Å². The first-order chi connectivity index (χ1) is 13.7. The second-order valence-electron chi connectivity index (χ2n) is 6.27. The van der Waals surface area contributed by atoms with Gasteiger partial charge < -0.3 is 9.47 Å². The van der Waals surface area contributed by atoms with Crippen LogP contribution in [0.25, 0.3) is 11.4 Å². The number of nitrogens with zero attached hydrogens (tertiary/aromatic N) is 3. The van der Waals surface area contributed by atoms with Gasteiger partial charge in [0, 0.05) is 5.56 Å². The number of aromatic nitrogens is 3. The van der Waals surface area contributed by atoms with Gasteiger partial charge in [0.2, 0.25) is 4.77 Å². The molecule has 0 saturated carbocycles. The second-order valence-corrected chi connectivity index (χ2v) is 6.65. The van der Waals surface area contributed by atoms with Crippen molar-refractivity contribution in [1.82, 2.24) is 14.9 Å². The zero-order valence-corrected chi connectivity index (χ0v) is 16.9. The average molecular weight is 397 g/mol. The fraction of sp³-hybridized carbons (Fsp3) is 0.286. The summed E-state index contributed by atoms with van der Waals surface area (Å²) in [6, 6.07) is 15.4. The molecule has 0 aliphatic carbocycles. The molecule has 1 heterocycles. The molecule has 1 aromatic heterocycles. The number of hydrogen-bond donors (Lipinski definition) is 1. The zero-order valence-electron chi connectivity index (χ0n) is 16.1. The van der Waals surface area contributed by atoms with E-state index in [1.165, 1.54) is 12.8 Å².